The number of benzene rings is 12. The highest BCUT2D eigenvalue weighted by atomic mass is 16.5. The molecule has 0 saturated carbocycles. The van der Waals surface area contributed by atoms with Crippen LogP contribution in [0.15, 0.2) is 273 Å². The molecule has 1 unspecified atom stereocenters. The maximum atomic E-state index is 12.8. The van der Waals surface area contributed by atoms with Gasteiger partial charge in [-0.3, -0.25) is 38.4 Å². The van der Waals surface area contributed by atoms with Gasteiger partial charge in [0.25, 0.3) is 0 Å². The molecule has 12 rings (SSSR count). The second kappa shape index (κ2) is 55.3. The standard InChI is InChI=1S/3C28H31N3O5.C27H29N3O4/c1-19-7-4-5-10-23(19)29-28(35)30-24-13-11-21(16-25(24)36-3)17-26(32)31(2)18-22-9-6-8-20(15-22)12-14-27(33)34;1-18-7-4-5-10-23(18)30-28(35)31-24-12-11-21(15-25(24)36-3)16-26(32)29-17-22-9-6-8-20(14-22)13-19(2)27(33)34;1-19-6-4-5-7-23(19)29-28(35)30-24-14-12-22(16-25(24)36-3)17-26(32)31(2)18-21-10-8-20(9-11-21)13-15-27(33)34;1-19-6-3-4-9-24(19)29-27(34)28-23-13-10-21(11-14-23)17-25(31)30(2)18-22-8-5-7-20(16-22)12-15-26(32)33/h4-11,13,15-16H,12,14,17-18H2,1-3H3,(H,33,34)(H2,29,30,35);4-12,14-15,19H,13,16-17H2,1-3H3,(H,29,32)(H,33,34)(H2,30,31,35);4-12,14,16H,13,15,17-18H2,1-3H3,(H,33,34)(H2,29,30,35);3-11,13-14,16H,12,15,17-18H2,1-2H3,(H,32,33)(H2,28,29,34). The second-order valence-corrected chi connectivity index (χ2v) is 34.0. The van der Waals surface area contributed by atoms with E-state index in [4.69, 9.17) is 34.6 Å². The van der Waals surface area contributed by atoms with Gasteiger partial charge in [-0.25, -0.2) is 19.2 Å². The number of carboxylic acid groups (broad SMARTS) is 4. The average molecular weight is 1930 g/mol. The number of carbonyl (C=O) groups is 12. The summed E-state index contributed by atoms with van der Waals surface area (Å²) in [7, 11) is 9.74. The lowest BCUT2D eigenvalue weighted by molar-refractivity contribution is -0.141. The van der Waals surface area contributed by atoms with Gasteiger partial charge in [0.05, 0.1) is 70.0 Å². The fraction of sp³-hybridized carbons (Fsp3) is 0.243. The number of hydrogen-bond acceptors (Lipinski definition) is 15. The fourth-order valence-electron chi connectivity index (χ4n) is 14.6. The molecular weight excluding hydrogens is 1810 g/mol. The molecule has 12 amide bonds. The minimum absolute atomic E-state index is 0.0334. The Morgan fingerprint density at radius 1 is 0.289 bits per heavy atom. The Hall–Kier alpha value is -17.1. The highest BCUT2D eigenvalue weighted by Gasteiger charge is 2.22. The number of nitrogens with one attached hydrogen (secondary N) is 9. The molecule has 31 nitrogen and oxygen atoms in total. The van der Waals surface area contributed by atoms with Crippen molar-refractivity contribution in [2.75, 3.05) is 85.0 Å². The van der Waals surface area contributed by atoms with Crippen LogP contribution >= 0.6 is 0 Å². The summed E-state index contributed by atoms with van der Waals surface area (Å²) in [5.41, 5.74) is 19.4. The van der Waals surface area contributed by atoms with E-state index in [9.17, 15) is 57.5 Å². The number of nitrogens with zero attached hydrogens (tertiary/aromatic N) is 3. The van der Waals surface area contributed by atoms with Crippen molar-refractivity contribution in [3.05, 3.63) is 362 Å². The van der Waals surface area contributed by atoms with Gasteiger partial charge < -0.3 is 97.2 Å². The van der Waals surface area contributed by atoms with Gasteiger partial charge in [-0.1, -0.05) is 207 Å². The number of hydrogen-bond donors (Lipinski definition) is 13. The van der Waals surface area contributed by atoms with Crippen LogP contribution in [0.2, 0.25) is 0 Å². The van der Waals surface area contributed by atoms with Crippen LogP contribution in [0.25, 0.3) is 0 Å². The van der Waals surface area contributed by atoms with Crippen molar-refractivity contribution in [1.82, 2.24) is 20.0 Å². The maximum absolute atomic E-state index is 12.8. The second-order valence-electron chi connectivity index (χ2n) is 34.0. The summed E-state index contributed by atoms with van der Waals surface area (Å²) in [5.74, 6) is -2.79. The van der Waals surface area contributed by atoms with Crippen molar-refractivity contribution in [1.29, 1.82) is 0 Å². The number of carbonyl (C=O) groups excluding carboxylic acids is 8. The SMILES string of the molecule is COc1cc(CC(=O)N(C)Cc2ccc(CCC(=O)O)cc2)ccc1NC(=O)Nc1ccccc1C.COc1cc(CC(=O)N(C)Cc2cccc(CCC(=O)O)c2)ccc1NC(=O)Nc1ccccc1C.COc1cc(CC(=O)NCc2cccc(CC(C)C(=O)O)c2)ccc1NC(=O)Nc1ccccc1C.Cc1ccccc1NC(=O)Nc1ccc(CC(=O)N(C)Cc2cccc(CCC(=O)O)c2)cc1. The molecule has 0 spiro atoms. The van der Waals surface area contributed by atoms with Gasteiger partial charge in [0.1, 0.15) is 17.2 Å². The van der Waals surface area contributed by atoms with E-state index in [1.807, 2.05) is 234 Å². The summed E-state index contributed by atoms with van der Waals surface area (Å²) in [5, 5.41) is 61.0. The minimum Gasteiger partial charge on any atom is -0.495 e. The molecule has 0 aliphatic heterocycles. The lowest BCUT2D eigenvalue weighted by Crippen LogP contribution is -2.27. The zero-order valence-electron chi connectivity index (χ0n) is 81.4. The summed E-state index contributed by atoms with van der Waals surface area (Å²) in [6, 6.07) is 81.7. The first-order chi connectivity index (χ1) is 68.0. The Morgan fingerprint density at radius 3 is 0.937 bits per heavy atom. The van der Waals surface area contributed by atoms with Crippen molar-refractivity contribution < 1.29 is 92.2 Å². The molecule has 740 valence electrons. The van der Waals surface area contributed by atoms with Gasteiger partial charge >= 0.3 is 48.0 Å². The number of urea groups is 4. The van der Waals surface area contributed by atoms with Crippen LogP contribution in [-0.4, -0.2) is 149 Å². The number of aryl methyl sites for hydroxylation is 7. The van der Waals surface area contributed by atoms with Crippen LogP contribution in [0.1, 0.15) is 115 Å². The molecule has 31 heteroatoms. The van der Waals surface area contributed by atoms with E-state index in [1.165, 1.54) is 21.3 Å². The molecule has 12 aromatic rings. The highest BCUT2D eigenvalue weighted by molar-refractivity contribution is 6.04. The van der Waals surface area contributed by atoms with Gasteiger partial charge in [-0.15, -0.1) is 0 Å². The third-order valence-corrected chi connectivity index (χ3v) is 22.6. The first-order valence-electron chi connectivity index (χ1n) is 45.9. The third-order valence-electron chi connectivity index (χ3n) is 22.6. The Labute approximate surface area is 826 Å². The number of amides is 12. The molecule has 13 N–H and O–H groups in total. The summed E-state index contributed by atoms with van der Waals surface area (Å²) in [4.78, 5) is 149. The van der Waals surface area contributed by atoms with E-state index in [0.717, 1.165) is 94.7 Å². The maximum Gasteiger partial charge on any atom is 0.323 e. The Morgan fingerprint density at radius 2 is 0.577 bits per heavy atom. The van der Waals surface area contributed by atoms with E-state index < -0.39 is 41.9 Å². The van der Waals surface area contributed by atoms with Crippen molar-refractivity contribution in [3.63, 3.8) is 0 Å². The molecule has 12 aromatic carbocycles. The van der Waals surface area contributed by atoms with E-state index in [0.29, 0.717) is 109 Å². The molecule has 1 atom stereocenters. The third kappa shape index (κ3) is 37.1. The largest absolute Gasteiger partial charge is 0.495 e. The zero-order chi connectivity index (χ0) is 103. The van der Waals surface area contributed by atoms with Crippen LogP contribution < -0.4 is 62.1 Å². The predicted octanol–water partition coefficient (Wildman–Crippen LogP) is 19.4. The number of aliphatic carboxylic acids is 4. The minimum atomic E-state index is -0.837. The van der Waals surface area contributed by atoms with E-state index in [2.05, 4.69) is 47.9 Å². The summed E-state index contributed by atoms with van der Waals surface area (Å²) in [6.07, 6.45) is 2.79. The highest BCUT2D eigenvalue weighted by Crippen LogP contribution is 2.32. The van der Waals surface area contributed by atoms with E-state index in [-0.39, 0.29) is 80.6 Å². The Balaban J connectivity index is 0.000000211. The lowest BCUT2D eigenvalue weighted by Gasteiger charge is -2.18. The molecule has 0 heterocycles. The zero-order valence-corrected chi connectivity index (χ0v) is 81.4. The van der Waals surface area contributed by atoms with E-state index >= 15 is 0 Å². The van der Waals surface area contributed by atoms with Gasteiger partial charge in [0.2, 0.25) is 23.6 Å². The molecule has 0 aliphatic carbocycles. The number of para-hydroxylation sites is 4. The molecule has 0 radical (unpaired) electrons. The normalized spacial score (nSPS) is 10.6. The number of carboxylic acids is 4. The quantitative estimate of drug-likeness (QED) is 0.0170. The van der Waals surface area contributed by atoms with Crippen LogP contribution in [0.5, 0.6) is 17.2 Å². The van der Waals surface area contributed by atoms with Crippen LogP contribution in [-0.2, 0) is 116 Å². The van der Waals surface area contributed by atoms with Crippen molar-refractivity contribution in [3.8, 4) is 17.2 Å². The number of rotatable bonds is 39. The summed E-state index contributed by atoms with van der Waals surface area (Å²) >= 11 is 0. The van der Waals surface area contributed by atoms with Gasteiger partial charge in [-0.2, -0.15) is 0 Å². The smallest absolute Gasteiger partial charge is 0.323 e. The Bertz CT molecular complexity index is 6390. The molecule has 142 heavy (non-hydrogen) atoms. The molecule has 0 aliphatic rings. The van der Waals surface area contributed by atoms with Gasteiger partial charge in [0.15, 0.2) is 0 Å². The molecular formula is C111H122N12O19. The number of anilines is 8. The number of likely N-dealkylation sites (N-methyl/N-ethyl adjacent to an activating group) is 3. The lowest BCUT2D eigenvalue weighted by atomic mass is 9.99. The van der Waals surface area contributed by atoms with E-state index in [1.54, 1.807) is 109 Å². The predicted molar refractivity (Wildman–Crippen MR) is 551 cm³/mol. The number of methoxy groups -OCH3 is 3. The summed E-state index contributed by atoms with van der Waals surface area (Å²) in [6.45, 7) is 11.0. The first-order valence-corrected chi connectivity index (χ1v) is 45.9. The van der Waals surface area contributed by atoms with Crippen molar-refractivity contribution in [2.24, 2.45) is 5.92 Å². The van der Waals surface area contributed by atoms with Gasteiger partial charge in [-0.05, 0) is 215 Å². The van der Waals surface area contributed by atoms with Crippen LogP contribution in [0, 0.1) is 33.6 Å². The number of ether oxygens (including phenoxy) is 3. The first kappa shape index (κ1) is 109. The summed E-state index contributed by atoms with van der Waals surface area (Å²) < 4.78 is 16.3. The topological polar surface area (TPSA) is 431 Å². The van der Waals surface area contributed by atoms with Crippen molar-refractivity contribution in [2.45, 2.75) is 131 Å². The molecule has 0 saturated heterocycles. The fourth-order valence-corrected chi connectivity index (χ4v) is 14.6. The Kier molecular flexibility index (Phi) is 42.3. The van der Waals surface area contributed by atoms with Crippen LogP contribution in [0.4, 0.5) is 64.7 Å². The molecule has 0 fully saturated rings. The monoisotopic (exact) mass is 1930 g/mol. The average Bonchev–Trinajstić information content (AvgIpc) is 0.835. The van der Waals surface area contributed by atoms with Gasteiger partial charge in [0, 0.05) is 95.0 Å². The van der Waals surface area contributed by atoms with Crippen molar-refractivity contribution >= 4 is 117 Å². The molecule has 0 aromatic heterocycles. The molecule has 0 bridgehead atoms. The van der Waals surface area contributed by atoms with Crippen LogP contribution in [0.3, 0.4) is 0 Å².